The first kappa shape index (κ1) is 20.7. The van der Waals surface area contributed by atoms with Crippen LogP contribution in [0.3, 0.4) is 0 Å². The first-order valence-electron chi connectivity index (χ1n) is 9.36. The number of nitrogens with zero attached hydrogens (tertiary/aromatic N) is 1. The fraction of sp³-hybridized carbons (Fsp3) is 0.227. The standard InChI is InChI=1S/C22H22N2O4S/c1-3-14-5-9-16(10-6-14)23-22-24-20(25)19(29-22)13-15-7-11-17(12-8-15)28-18(4-2)21(26)27/h5-13,18H,3-4H2,1-2H3,(H,26,27)(H,23,24,25)/b19-13+. The van der Waals surface area contributed by atoms with Crippen LogP contribution in [0.1, 0.15) is 31.4 Å². The molecule has 6 nitrogen and oxygen atoms in total. The number of carboxylic acid groups (broad SMARTS) is 1. The normalized spacial score (nSPS) is 17.4. The number of benzene rings is 2. The van der Waals surface area contributed by atoms with Crippen LogP contribution in [0.25, 0.3) is 6.08 Å². The van der Waals surface area contributed by atoms with Gasteiger partial charge in [-0.2, -0.15) is 0 Å². The Kier molecular flexibility index (Phi) is 6.72. The minimum absolute atomic E-state index is 0.198. The summed E-state index contributed by atoms with van der Waals surface area (Å²) in [4.78, 5) is 28.3. The van der Waals surface area contributed by atoms with Crippen LogP contribution in [0.15, 0.2) is 58.4 Å². The summed E-state index contributed by atoms with van der Waals surface area (Å²) in [5, 5.41) is 12.4. The second-order valence-electron chi connectivity index (χ2n) is 6.42. The van der Waals surface area contributed by atoms with Gasteiger partial charge in [-0.25, -0.2) is 9.79 Å². The van der Waals surface area contributed by atoms with E-state index in [0.29, 0.717) is 22.2 Å². The van der Waals surface area contributed by atoms with E-state index in [1.54, 1.807) is 37.3 Å². The van der Waals surface area contributed by atoms with Gasteiger partial charge in [0, 0.05) is 0 Å². The van der Waals surface area contributed by atoms with Crippen molar-refractivity contribution in [3.05, 3.63) is 64.6 Å². The zero-order valence-corrected chi connectivity index (χ0v) is 17.0. The molecular weight excluding hydrogens is 388 g/mol. The van der Waals surface area contributed by atoms with Crippen molar-refractivity contribution in [1.82, 2.24) is 5.32 Å². The van der Waals surface area contributed by atoms with E-state index < -0.39 is 12.1 Å². The number of carbonyl (C=O) groups is 2. The summed E-state index contributed by atoms with van der Waals surface area (Å²) in [6.07, 6.45) is 2.23. The fourth-order valence-electron chi connectivity index (χ4n) is 2.67. The van der Waals surface area contributed by atoms with E-state index in [0.717, 1.165) is 17.7 Å². The lowest BCUT2D eigenvalue weighted by atomic mass is 10.2. The highest BCUT2D eigenvalue weighted by molar-refractivity contribution is 8.18. The highest BCUT2D eigenvalue weighted by Gasteiger charge is 2.24. The lowest BCUT2D eigenvalue weighted by Crippen LogP contribution is -2.25. The van der Waals surface area contributed by atoms with Gasteiger partial charge in [0.2, 0.25) is 0 Å². The van der Waals surface area contributed by atoms with E-state index in [1.165, 1.54) is 17.3 Å². The van der Waals surface area contributed by atoms with E-state index >= 15 is 0 Å². The van der Waals surface area contributed by atoms with Gasteiger partial charge in [-0.3, -0.25) is 4.79 Å². The van der Waals surface area contributed by atoms with Crippen molar-refractivity contribution < 1.29 is 19.4 Å². The zero-order chi connectivity index (χ0) is 20.8. The lowest BCUT2D eigenvalue weighted by molar-refractivity contribution is -0.145. The highest BCUT2D eigenvalue weighted by Crippen LogP contribution is 2.28. The van der Waals surface area contributed by atoms with Crippen LogP contribution >= 0.6 is 11.8 Å². The molecule has 1 atom stereocenters. The average molecular weight is 410 g/mol. The van der Waals surface area contributed by atoms with Crippen molar-refractivity contribution >= 4 is 40.6 Å². The van der Waals surface area contributed by atoms with Gasteiger partial charge in [-0.05, 0) is 66.1 Å². The number of aliphatic imine (C=N–C) groups is 1. The smallest absolute Gasteiger partial charge is 0.344 e. The first-order chi connectivity index (χ1) is 14.0. The third kappa shape index (κ3) is 5.48. The number of carbonyl (C=O) groups excluding carboxylic acids is 1. The Morgan fingerprint density at radius 3 is 2.45 bits per heavy atom. The Balaban J connectivity index is 1.69. The molecule has 7 heteroatoms. The number of amidine groups is 1. The number of carboxylic acids is 1. The number of aliphatic carboxylic acids is 1. The molecule has 0 radical (unpaired) electrons. The summed E-state index contributed by atoms with van der Waals surface area (Å²) in [6, 6.07) is 14.9. The molecule has 3 rings (SSSR count). The predicted octanol–water partition coefficient (Wildman–Crippen LogP) is 4.38. The molecule has 1 aliphatic heterocycles. The van der Waals surface area contributed by atoms with Crippen molar-refractivity contribution in [3.63, 3.8) is 0 Å². The van der Waals surface area contributed by atoms with Crippen molar-refractivity contribution in [2.75, 3.05) is 0 Å². The molecule has 2 aromatic rings. The Hall–Kier alpha value is -3.06. The van der Waals surface area contributed by atoms with Gasteiger partial charge < -0.3 is 15.2 Å². The molecule has 29 heavy (non-hydrogen) atoms. The zero-order valence-electron chi connectivity index (χ0n) is 16.2. The van der Waals surface area contributed by atoms with E-state index in [4.69, 9.17) is 9.84 Å². The van der Waals surface area contributed by atoms with Gasteiger partial charge >= 0.3 is 5.97 Å². The van der Waals surface area contributed by atoms with Crippen LogP contribution in [-0.4, -0.2) is 28.3 Å². The number of nitrogens with one attached hydrogen (secondary N) is 1. The highest BCUT2D eigenvalue weighted by atomic mass is 32.2. The van der Waals surface area contributed by atoms with Crippen molar-refractivity contribution in [2.24, 2.45) is 4.99 Å². The third-order valence-electron chi connectivity index (χ3n) is 4.33. The fourth-order valence-corrected chi connectivity index (χ4v) is 3.51. The van der Waals surface area contributed by atoms with Crippen LogP contribution in [0, 0.1) is 0 Å². The number of thioether (sulfide) groups is 1. The predicted molar refractivity (Wildman–Crippen MR) is 115 cm³/mol. The molecule has 2 aromatic carbocycles. The van der Waals surface area contributed by atoms with E-state index in [2.05, 4.69) is 17.2 Å². The third-order valence-corrected chi connectivity index (χ3v) is 5.24. The Bertz CT molecular complexity index is 950. The van der Waals surface area contributed by atoms with Gasteiger partial charge in [-0.1, -0.05) is 38.1 Å². The summed E-state index contributed by atoms with van der Waals surface area (Å²) in [6.45, 7) is 3.85. The van der Waals surface area contributed by atoms with Gasteiger partial charge in [0.1, 0.15) is 5.75 Å². The maximum absolute atomic E-state index is 12.2. The molecule has 2 N–H and O–H groups in total. The minimum atomic E-state index is -0.992. The molecule has 150 valence electrons. The van der Waals surface area contributed by atoms with Crippen molar-refractivity contribution in [2.45, 2.75) is 32.8 Å². The Labute approximate surface area is 173 Å². The summed E-state index contributed by atoms with van der Waals surface area (Å²) in [5.74, 6) is -0.715. The average Bonchev–Trinajstić information content (AvgIpc) is 3.06. The van der Waals surface area contributed by atoms with Crippen molar-refractivity contribution in [1.29, 1.82) is 0 Å². The number of amides is 1. The van der Waals surface area contributed by atoms with E-state index in [-0.39, 0.29) is 5.91 Å². The van der Waals surface area contributed by atoms with E-state index in [9.17, 15) is 9.59 Å². The van der Waals surface area contributed by atoms with E-state index in [1.807, 2.05) is 24.3 Å². The molecule has 1 amide bonds. The summed E-state index contributed by atoms with van der Waals surface area (Å²) < 4.78 is 5.45. The van der Waals surface area contributed by atoms with Crippen LogP contribution in [0.4, 0.5) is 5.69 Å². The molecule has 0 saturated carbocycles. The number of aryl methyl sites for hydroxylation is 1. The van der Waals surface area contributed by atoms with Gasteiger partial charge in [0.05, 0.1) is 10.6 Å². The van der Waals surface area contributed by atoms with Gasteiger partial charge in [-0.15, -0.1) is 0 Å². The number of rotatable bonds is 7. The largest absolute Gasteiger partial charge is 0.479 e. The molecule has 0 aliphatic carbocycles. The van der Waals surface area contributed by atoms with Crippen LogP contribution in [0.2, 0.25) is 0 Å². The number of hydrogen-bond donors (Lipinski definition) is 2. The molecule has 0 bridgehead atoms. The second-order valence-corrected chi connectivity index (χ2v) is 7.45. The Morgan fingerprint density at radius 1 is 1.17 bits per heavy atom. The quantitative estimate of drug-likeness (QED) is 0.661. The minimum Gasteiger partial charge on any atom is -0.479 e. The molecule has 1 aliphatic rings. The molecule has 1 unspecified atom stereocenters. The molecule has 1 heterocycles. The lowest BCUT2D eigenvalue weighted by Gasteiger charge is -2.13. The number of hydrogen-bond acceptors (Lipinski definition) is 5. The Morgan fingerprint density at radius 2 is 1.86 bits per heavy atom. The maximum Gasteiger partial charge on any atom is 0.344 e. The number of ether oxygens (including phenoxy) is 1. The molecule has 0 spiro atoms. The van der Waals surface area contributed by atoms with Crippen LogP contribution in [-0.2, 0) is 16.0 Å². The van der Waals surface area contributed by atoms with Crippen LogP contribution < -0.4 is 10.1 Å². The molecular formula is C22H22N2O4S. The summed E-state index contributed by atoms with van der Waals surface area (Å²) in [5.41, 5.74) is 2.84. The first-order valence-corrected chi connectivity index (χ1v) is 10.2. The summed E-state index contributed by atoms with van der Waals surface area (Å²) >= 11 is 1.28. The van der Waals surface area contributed by atoms with Gasteiger partial charge in [0.25, 0.3) is 5.91 Å². The molecule has 0 aromatic heterocycles. The van der Waals surface area contributed by atoms with Gasteiger partial charge in [0.15, 0.2) is 11.3 Å². The molecule has 1 fully saturated rings. The van der Waals surface area contributed by atoms with Crippen LogP contribution in [0.5, 0.6) is 5.75 Å². The maximum atomic E-state index is 12.2. The SMILES string of the molecule is CCc1ccc(N=C2NC(=O)/C(=C\c3ccc(OC(CC)C(=O)O)cc3)S2)cc1. The molecule has 1 saturated heterocycles. The topological polar surface area (TPSA) is 88.0 Å². The second kappa shape index (κ2) is 9.43. The summed E-state index contributed by atoms with van der Waals surface area (Å²) in [7, 11) is 0. The monoisotopic (exact) mass is 410 g/mol. The van der Waals surface area contributed by atoms with Crippen molar-refractivity contribution in [3.8, 4) is 5.75 Å².